The van der Waals surface area contributed by atoms with E-state index in [2.05, 4.69) is 4.90 Å². The first-order valence-corrected chi connectivity index (χ1v) is 7.19. The second-order valence-electron chi connectivity index (χ2n) is 6.07. The van der Waals surface area contributed by atoms with E-state index in [-0.39, 0.29) is 5.91 Å². The van der Waals surface area contributed by atoms with Gasteiger partial charge in [-0.25, -0.2) is 0 Å². The van der Waals surface area contributed by atoms with Crippen LogP contribution in [0.4, 0.5) is 0 Å². The number of amides is 1. The summed E-state index contributed by atoms with van der Waals surface area (Å²) in [4.78, 5) is 16.1. The average Bonchev–Trinajstić information content (AvgIpc) is 2.35. The lowest BCUT2D eigenvalue weighted by Crippen LogP contribution is -2.63. The van der Waals surface area contributed by atoms with Crippen LogP contribution >= 0.6 is 0 Å². The van der Waals surface area contributed by atoms with Crippen molar-refractivity contribution in [3.05, 3.63) is 35.4 Å². The number of aliphatic hydroxyl groups is 1. The molecular formula is C16H24N2O2. The third kappa shape index (κ3) is 3.38. The molecule has 0 bridgehead atoms. The highest BCUT2D eigenvalue weighted by Crippen LogP contribution is 2.27. The molecule has 0 radical (unpaired) electrons. The van der Waals surface area contributed by atoms with Crippen LogP contribution in [0.15, 0.2) is 24.3 Å². The van der Waals surface area contributed by atoms with Crippen LogP contribution in [0.5, 0.6) is 0 Å². The SMILES string of the molecule is CCCC1(O)CN(C(=O)c2ccc(CN(C)C)cc2)C1. The third-order valence-electron chi connectivity index (χ3n) is 3.67. The summed E-state index contributed by atoms with van der Waals surface area (Å²) >= 11 is 0. The molecule has 4 nitrogen and oxygen atoms in total. The van der Waals surface area contributed by atoms with Crippen LogP contribution in [0, 0.1) is 0 Å². The van der Waals surface area contributed by atoms with Crippen LogP contribution in [0.1, 0.15) is 35.7 Å². The van der Waals surface area contributed by atoms with E-state index < -0.39 is 5.60 Å². The topological polar surface area (TPSA) is 43.8 Å². The number of hydrogen-bond acceptors (Lipinski definition) is 3. The van der Waals surface area contributed by atoms with Gasteiger partial charge in [-0.15, -0.1) is 0 Å². The summed E-state index contributed by atoms with van der Waals surface area (Å²) in [6, 6.07) is 7.73. The molecule has 1 aliphatic rings. The molecule has 110 valence electrons. The van der Waals surface area contributed by atoms with Crippen molar-refractivity contribution in [1.29, 1.82) is 0 Å². The molecule has 1 aliphatic heterocycles. The van der Waals surface area contributed by atoms with Crippen molar-refractivity contribution in [1.82, 2.24) is 9.80 Å². The van der Waals surface area contributed by atoms with Gasteiger partial charge in [0.1, 0.15) is 0 Å². The van der Waals surface area contributed by atoms with Gasteiger partial charge in [0.25, 0.3) is 5.91 Å². The monoisotopic (exact) mass is 276 g/mol. The second kappa shape index (κ2) is 5.94. The minimum atomic E-state index is -0.657. The molecule has 1 saturated heterocycles. The molecule has 0 spiro atoms. The molecule has 1 amide bonds. The number of benzene rings is 1. The van der Waals surface area contributed by atoms with Crippen molar-refractivity contribution in [2.24, 2.45) is 0 Å². The van der Waals surface area contributed by atoms with E-state index in [4.69, 9.17) is 0 Å². The van der Waals surface area contributed by atoms with Crippen LogP contribution in [-0.2, 0) is 6.54 Å². The van der Waals surface area contributed by atoms with Gasteiger partial charge in [-0.3, -0.25) is 4.79 Å². The maximum absolute atomic E-state index is 12.3. The number of nitrogens with zero attached hydrogens (tertiary/aromatic N) is 2. The summed E-state index contributed by atoms with van der Waals surface area (Å²) in [6.45, 7) is 3.83. The largest absolute Gasteiger partial charge is 0.386 e. The van der Waals surface area contributed by atoms with Crippen molar-refractivity contribution in [3.63, 3.8) is 0 Å². The molecule has 1 N–H and O–H groups in total. The lowest BCUT2D eigenvalue weighted by atomic mass is 9.88. The van der Waals surface area contributed by atoms with Gasteiger partial charge in [0.15, 0.2) is 0 Å². The number of rotatable bonds is 5. The van der Waals surface area contributed by atoms with E-state index in [0.29, 0.717) is 18.7 Å². The zero-order valence-corrected chi connectivity index (χ0v) is 12.6. The van der Waals surface area contributed by atoms with Crippen molar-refractivity contribution in [2.75, 3.05) is 27.2 Å². The van der Waals surface area contributed by atoms with Crippen molar-refractivity contribution in [2.45, 2.75) is 31.9 Å². The Morgan fingerprint density at radius 2 is 1.90 bits per heavy atom. The molecule has 1 heterocycles. The van der Waals surface area contributed by atoms with Crippen LogP contribution in [-0.4, -0.2) is 53.6 Å². The maximum Gasteiger partial charge on any atom is 0.254 e. The zero-order chi connectivity index (χ0) is 14.8. The fourth-order valence-electron chi connectivity index (χ4n) is 2.73. The summed E-state index contributed by atoms with van der Waals surface area (Å²) in [5, 5.41) is 10.1. The molecule has 0 aliphatic carbocycles. The highest BCUT2D eigenvalue weighted by molar-refractivity contribution is 5.95. The molecule has 1 aromatic carbocycles. The molecule has 0 saturated carbocycles. The molecule has 0 unspecified atom stereocenters. The fraction of sp³-hybridized carbons (Fsp3) is 0.562. The smallest absolute Gasteiger partial charge is 0.254 e. The first-order valence-electron chi connectivity index (χ1n) is 7.19. The number of likely N-dealkylation sites (tertiary alicyclic amines) is 1. The number of carbonyl (C=O) groups is 1. The Labute approximate surface area is 121 Å². The minimum Gasteiger partial charge on any atom is -0.386 e. The van der Waals surface area contributed by atoms with Crippen LogP contribution in [0.25, 0.3) is 0 Å². The van der Waals surface area contributed by atoms with E-state index in [1.54, 1.807) is 4.90 Å². The predicted molar refractivity (Wildman–Crippen MR) is 79.6 cm³/mol. The first kappa shape index (κ1) is 15.0. The van der Waals surface area contributed by atoms with Crippen LogP contribution < -0.4 is 0 Å². The normalized spacial score (nSPS) is 17.1. The highest BCUT2D eigenvalue weighted by Gasteiger charge is 2.42. The number of carbonyl (C=O) groups excluding carboxylic acids is 1. The average molecular weight is 276 g/mol. The molecular weight excluding hydrogens is 252 g/mol. The highest BCUT2D eigenvalue weighted by atomic mass is 16.3. The zero-order valence-electron chi connectivity index (χ0n) is 12.6. The summed E-state index contributed by atoms with van der Waals surface area (Å²) < 4.78 is 0. The van der Waals surface area contributed by atoms with Gasteiger partial charge in [-0.1, -0.05) is 25.5 Å². The van der Waals surface area contributed by atoms with Crippen LogP contribution in [0.2, 0.25) is 0 Å². The van der Waals surface area contributed by atoms with E-state index in [0.717, 1.165) is 19.4 Å². The molecule has 0 atom stereocenters. The minimum absolute atomic E-state index is 0.0159. The summed E-state index contributed by atoms with van der Waals surface area (Å²) in [5.41, 5.74) is 1.23. The van der Waals surface area contributed by atoms with Gasteiger partial charge in [-0.05, 0) is 38.2 Å². The lowest BCUT2D eigenvalue weighted by molar-refractivity contribution is -0.0860. The predicted octanol–water partition coefficient (Wildman–Crippen LogP) is 1.74. The molecule has 2 rings (SSSR count). The summed E-state index contributed by atoms with van der Waals surface area (Å²) in [6.07, 6.45) is 1.70. The number of β-amino-alcohol motifs (C(OH)–C–C–N with tert-alkyl or cyclic N) is 1. The molecule has 4 heteroatoms. The Kier molecular flexibility index (Phi) is 4.45. The van der Waals surface area contributed by atoms with E-state index >= 15 is 0 Å². The van der Waals surface area contributed by atoms with Crippen molar-refractivity contribution >= 4 is 5.91 Å². The first-order chi connectivity index (χ1) is 9.43. The number of hydrogen-bond donors (Lipinski definition) is 1. The van der Waals surface area contributed by atoms with Gasteiger partial charge < -0.3 is 14.9 Å². The van der Waals surface area contributed by atoms with Gasteiger partial charge in [0.05, 0.1) is 18.7 Å². The summed E-state index contributed by atoms with van der Waals surface area (Å²) in [5.74, 6) is 0.0159. The van der Waals surface area contributed by atoms with Crippen LogP contribution in [0.3, 0.4) is 0 Å². The molecule has 0 aromatic heterocycles. The molecule has 1 aromatic rings. The summed E-state index contributed by atoms with van der Waals surface area (Å²) in [7, 11) is 4.04. The van der Waals surface area contributed by atoms with E-state index in [1.165, 1.54) is 5.56 Å². The Hall–Kier alpha value is -1.39. The van der Waals surface area contributed by atoms with Gasteiger partial charge >= 0.3 is 0 Å². The Balaban J connectivity index is 1.94. The Morgan fingerprint density at radius 3 is 2.40 bits per heavy atom. The standard InChI is InChI=1S/C16H24N2O2/c1-4-9-16(20)11-18(12-16)15(19)14-7-5-13(6-8-14)10-17(2)3/h5-8,20H,4,9-12H2,1-3H3. The molecule has 1 fully saturated rings. The maximum atomic E-state index is 12.3. The Morgan fingerprint density at radius 1 is 1.30 bits per heavy atom. The Bertz CT molecular complexity index is 462. The van der Waals surface area contributed by atoms with Crippen molar-refractivity contribution in [3.8, 4) is 0 Å². The van der Waals surface area contributed by atoms with E-state index in [9.17, 15) is 9.90 Å². The molecule has 20 heavy (non-hydrogen) atoms. The van der Waals surface area contributed by atoms with Crippen molar-refractivity contribution < 1.29 is 9.90 Å². The van der Waals surface area contributed by atoms with Gasteiger partial charge in [0, 0.05) is 12.1 Å². The van der Waals surface area contributed by atoms with E-state index in [1.807, 2.05) is 45.3 Å². The fourth-order valence-corrected chi connectivity index (χ4v) is 2.73. The quantitative estimate of drug-likeness (QED) is 0.891. The van der Waals surface area contributed by atoms with Gasteiger partial charge in [0.2, 0.25) is 0 Å². The lowest BCUT2D eigenvalue weighted by Gasteiger charge is -2.46. The second-order valence-corrected chi connectivity index (χ2v) is 6.07. The van der Waals surface area contributed by atoms with Gasteiger partial charge in [-0.2, -0.15) is 0 Å². The third-order valence-corrected chi connectivity index (χ3v) is 3.67.